The van der Waals surface area contributed by atoms with Gasteiger partial charge >= 0.3 is 0 Å². The molecule has 1 unspecified atom stereocenters. The van der Waals surface area contributed by atoms with Crippen LogP contribution >= 0.6 is 0 Å². The second kappa shape index (κ2) is 8.93. The van der Waals surface area contributed by atoms with Gasteiger partial charge in [0.15, 0.2) is 0 Å². The lowest BCUT2D eigenvalue weighted by Gasteiger charge is -2.46. The minimum atomic E-state index is -3.31. The molecule has 156 valence electrons. The molecule has 0 aliphatic carbocycles. The summed E-state index contributed by atoms with van der Waals surface area (Å²) in [5.41, 5.74) is 1.76. The topological polar surface area (TPSA) is 75.7 Å². The van der Waals surface area contributed by atoms with Crippen molar-refractivity contribution in [3.8, 4) is 0 Å². The molecule has 1 amide bonds. The second-order valence-corrected chi connectivity index (χ2v) is 10.3. The van der Waals surface area contributed by atoms with Crippen LogP contribution in [0.4, 0.5) is 0 Å². The summed E-state index contributed by atoms with van der Waals surface area (Å²) in [4.78, 5) is 11.1. The van der Waals surface area contributed by atoms with Gasteiger partial charge in [-0.3, -0.25) is 4.79 Å². The number of aryl methyl sites for hydroxylation is 1. The number of benzene rings is 1. The van der Waals surface area contributed by atoms with Gasteiger partial charge in [0.25, 0.3) is 0 Å². The first-order valence-corrected chi connectivity index (χ1v) is 11.8. The van der Waals surface area contributed by atoms with Crippen molar-refractivity contribution in [3.05, 3.63) is 35.4 Å². The van der Waals surface area contributed by atoms with Gasteiger partial charge in [0, 0.05) is 33.2 Å². The molecule has 2 saturated heterocycles. The fourth-order valence-electron chi connectivity index (χ4n) is 4.33. The summed E-state index contributed by atoms with van der Waals surface area (Å²) < 4.78 is 33.4. The van der Waals surface area contributed by atoms with Crippen molar-refractivity contribution < 1.29 is 17.9 Å². The number of ether oxygens (including phenoxy) is 1. The first kappa shape index (κ1) is 21.3. The van der Waals surface area contributed by atoms with Crippen LogP contribution in [-0.2, 0) is 25.3 Å². The Morgan fingerprint density at radius 1 is 1.25 bits per heavy atom. The third-order valence-electron chi connectivity index (χ3n) is 6.02. The van der Waals surface area contributed by atoms with E-state index in [4.69, 9.17) is 4.74 Å². The van der Waals surface area contributed by atoms with Crippen LogP contribution in [0.1, 0.15) is 50.2 Å². The molecule has 1 aromatic carbocycles. The van der Waals surface area contributed by atoms with Crippen molar-refractivity contribution in [2.45, 2.75) is 57.3 Å². The van der Waals surface area contributed by atoms with E-state index in [1.54, 1.807) is 4.31 Å². The Morgan fingerprint density at radius 2 is 1.93 bits per heavy atom. The number of hydrogen-bond acceptors (Lipinski definition) is 4. The lowest BCUT2D eigenvalue weighted by molar-refractivity contribution is -0.122. The fourth-order valence-corrected chi connectivity index (χ4v) is 5.87. The van der Waals surface area contributed by atoms with E-state index >= 15 is 0 Å². The average Bonchev–Trinajstić information content (AvgIpc) is 2.64. The highest BCUT2D eigenvalue weighted by molar-refractivity contribution is 7.88. The van der Waals surface area contributed by atoms with E-state index in [-0.39, 0.29) is 17.3 Å². The zero-order valence-electron chi connectivity index (χ0n) is 16.9. The molecule has 0 saturated carbocycles. The molecule has 3 rings (SSSR count). The molecule has 0 bridgehead atoms. The number of nitrogens with one attached hydrogen (secondary N) is 1. The van der Waals surface area contributed by atoms with Gasteiger partial charge in [0.2, 0.25) is 15.9 Å². The van der Waals surface area contributed by atoms with Crippen LogP contribution < -0.4 is 5.32 Å². The minimum Gasteiger partial charge on any atom is -0.375 e. The summed E-state index contributed by atoms with van der Waals surface area (Å²) in [6, 6.07) is 7.69. The van der Waals surface area contributed by atoms with Crippen LogP contribution in [0.5, 0.6) is 0 Å². The van der Waals surface area contributed by atoms with Crippen molar-refractivity contribution in [2.24, 2.45) is 5.92 Å². The number of sulfonamides is 1. The summed E-state index contributed by atoms with van der Waals surface area (Å²) in [6.07, 6.45) is 4.42. The van der Waals surface area contributed by atoms with Gasteiger partial charge in [-0.2, -0.15) is 0 Å². The molecule has 2 aliphatic heterocycles. The highest BCUT2D eigenvalue weighted by Crippen LogP contribution is 2.39. The molecular formula is C21H32N2O4S. The maximum absolute atomic E-state index is 12.8. The van der Waals surface area contributed by atoms with E-state index < -0.39 is 10.0 Å². The molecule has 1 N–H and O–H groups in total. The van der Waals surface area contributed by atoms with Crippen LogP contribution in [0.15, 0.2) is 24.3 Å². The van der Waals surface area contributed by atoms with Gasteiger partial charge in [-0.05, 0) is 50.5 Å². The van der Waals surface area contributed by atoms with E-state index in [1.165, 1.54) is 6.92 Å². The number of hydrogen-bond donors (Lipinski definition) is 1. The third-order valence-corrected chi connectivity index (χ3v) is 7.87. The first-order valence-electron chi connectivity index (χ1n) is 10.2. The second-order valence-electron chi connectivity index (χ2n) is 8.30. The molecule has 1 aromatic rings. The van der Waals surface area contributed by atoms with Crippen molar-refractivity contribution in [1.82, 2.24) is 9.62 Å². The average molecular weight is 409 g/mol. The van der Waals surface area contributed by atoms with Gasteiger partial charge < -0.3 is 10.1 Å². The normalized spacial score (nSPS) is 22.9. The summed E-state index contributed by atoms with van der Waals surface area (Å²) in [5.74, 6) is 0.589. The number of carbonyl (C=O) groups excluding carboxylic acids is 1. The molecule has 1 atom stereocenters. The van der Waals surface area contributed by atoms with Crippen LogP contribution in [0, 0.1) is 12.8 Å². The monoisotopic (exact) mass is 408 g/mol. The molecule has 0 radical (unpaired) electrons. The molecule has 7 heteroatoms. The Morgan fingerprint density at radius 3 is 2.57 bits per heavy atom. The minimum absolute atomic E-state index is 0.00821. The van der Waals surface area contributed by atoms with Crippen molar-refractivity contribution in [1.29, 1.82) is 0 Å². The molecular weight excluding hydrogens is 376 g/mol. The smallest absolute Gasteiger partial charge is 0.218 e. The largest absolute Gasteiger partial charge is 0.375 e. The standard InChI is InChI=1S/C21H32N2O4S/c1-17-3-5-20(6-4-17)16-28(25,26)23-12-9-21(10-13-23)15-19(8-14-27-21)7-11-22-18(2)24/h3-6,19H,7-16H2,1-2H3,(H,22,24). The number of amides is 1. The number of nitrogens with zero attached hydrogens (tertiary/aromatic N) is 1. The van der Waals surface area contributed by atoms with Gasteiger partial charge in [0.1, 0.15) is 0 Å². The van der Waals surface area contributed by atoms with Crippen molar-refractivity contribution in [2.75, 3.05) is 26.2 Å². The van der Waals surface area contributed by atoms with Gasteiger partial charge in [-0.1, -0.05) is 29.8 Å². The van der Waals surface area contributed by atoms with E-state index in [1.807, 2.05) is 31.2 Å². The third kappa shape index (κ3) is 5.55. The molecule has 2 heterocycles. The Labute approximate surface area is 168 Å². The van der Waals surface area contributed by atoms with Crippen LogP contribution in [0.3, 0.4) is 0 Å². The lowest BCUT2D eigenvalue weighted by atomic mass is 9.79. The molecule has 2 fully saturated rings. The zero-order valence-corrected chi connectivity index (χ0v) is 17.8. The lowest BCUT2D eigenvalue weighted by Crippen LogP contribution is -2.51. The Hall–Kier alpha value is -1.44. The number of carbonyl (C=O) groups is 1. The predicted octanol–water partition coefficient (Wildman–Crippen LogP) is 2.61. The number of piperidine rings is 1. The maximum atomic E-state index is 12.8. The van der Waals surface area contributed by atoms with E-state index in [9.17, 15) is 13.2 Å². The van der Waals surface area contributed by atoms with Gasteiger partial charge in [0.05, 0.1) is 11.4 Å². The molecule has 1 spiro atoms. The number of rotatable bonds is 6. The summed E-state index contributed by atoms with van der Waals surface area (Å²) in [5, 5.41) is 2.87. The van der Waals surface area contributed by atoms with Crippen molar-refractivity contribution in [3.63, 3.8) is 0 Å². The van der Waals surface area contributed by atoms with E-state index in [0.29, 0.717) is 25.6 Å². The molecule has 28 heavy (non-hydrogen) atoms. The zero-order chi connectivity index (χ0) is 20.2. The Bertz CT molecular complexity index is 768. The summed E-state index contributed by atoms with van der Waals surface area (Å²) >= 11 is 0. The molecule has 0 aromatic heterocycles. The van der Waals surface area contributed by atoms with Crippen LogP contribution in [0.25, 0.3) is 0 Å². The van der Waals surface area contributed by atoms with Gasteiger partial charge in [-0.25, -0.2) is 12.7 Å². The molecule has 6 nitrogen and oxygen atoms in total. The quantitative estimate of drug-likeness (QED) is 0.785. The van der Waals surface area contributed by atoms with Crippen LogP contribution in [-0.4, -0.2) is 50.5 Å². The predicted molar refractivity (Wildman–Crippen MR) is 109 cm³/mol. The molecule has 2 aliphatic rings. The maximum Gasteiger partial charge on any atom is 0.218 e. The van der Waals surface area contributed by atoms with Crippen LogP contribution in [0.2, 0.25) is 0 Å². The fraction of sp³-hybridized carbons (Fsp3) is 0.667. The van der Waals surface area contributed by atoms with Crippen molar-refractivity contribution >= 4 is 15.9 Å². The SMILES string of the molecule is CC(=O)NCCC1CCOC2(CCN(S(=O)(=O)Cc3ccc(C)cc3)CC2)C1. The van der Waals surface area contributed by atoms with E-state index in [2.05, 4.69) is 5.32 Å². The van der Waals surface area contributed by atoms with Gasteiger partial charge in [-0.15, -0.1) is 0 Å². The Balaban J connectivity index is 1.54. The summed E-state index contributed by atoms with van der Waals surface area (Å²) in [6.45, 7) is 6.00. The highest BCUT2D eigenvalue weighted by atomic mass is 32.2. The van der Waals surface area contributed by atoms with E-state index in [0.717, 1.165) is 49.8 Å². The highest BCUT2D eigenvalue weighted by Gasteiger charge is 2.42. The first-order chi connectivity index (χ1) is 13.3. The Kier molecular flexibility index (Phi) is 6.78. The summed E-state index contributed by atoms with van der Waals surface area (Å²) in [7, 11) is -3.31.